The minimum absolute atomic E-state index is 0.00184. The molecule has 2 aromatic heterocycles. The standard InChI is InChI=1S/C10H6Cl2N6O/c11-7-4-3-13-15-5(4)1-2-6(7)14-10(19)8-9(12)17-18-16-8/h1-3H,(H,13,15)(H,14,19)(H,16,17,18). The van der Waals surface area contributed by atoms with Crippen LogP contribution in [-0.4, -0.2) is 31.5 Å². The number of hydrogen-bond donors (Lipinski definition) is 3. The average molecular weight is 297 g/mol. The van der Waals surface area contributed by atoms with Gasteiger partial charge in [0.15, 0.2) is 10.8 Å². The molecule has 1 amide bonds. The Morgan fingerprint density at radius 1 is 1.26 bits per heavy atom. The number of nitrogens with one attached hydrogen (secondary N) is 3. The molecular weight excluding hydrogens is 291 g/mol. The highest BCUT2D eigenvalue weighted by molar-refractivity contribution is 6.39. The highest BCUT2D eigenvalue weighted by atomic mass is 35.5. The van der Waals surface area contributed by atoms with E-state index in [4.69, 9.17) is 23.2 Å². The zero-order valence-electron chi connectivity index (χ0n) is 9.24. The molecule has 0 aliphatic rings. The molecule has 96 valence electrons. The fourth-order valence-corrected chi connectivity index (χ4v) is 2.05. The van der Waals surface area contributed by atoms with Gasteiger partial charge in [0.2, 0.25) is 0 Å². The topological polar surface area (TPSA) is 99.4 Å². The Hall–Kier alpha value is -2.12. The molecule has 3 rings (SSSR count). The third kappa shape index (κ3) is 2.02. The second-order valence-electron chi connectivity index (χ2n) is 3.68. The fourth-order valence-electron chi connectivity index (χ4n) is 1.62. The summed E-state index contributed by atoms with van der Waals surface area (Å²) in [6, 6.07) is 3.42. The van der Waals surface area contributed by atoms with E-state index >= 15 is 0 Å². The molecule has 0 spiro atoms. The maximum atomic E-state index is 11.9. The van der Waals surface area contributed by atoms with Crippen molar-refractivity contribution >= 4 is 45.7 Å². The number of H-pyrrole nitrogens is 2. The van der Waals surface area contributed by atoms with Crippen molar-refractivity contribution in [3.63, 3.8) is 0 Å². The second kappa shape index (κ2) is 4.52. The van der Waals surface area contributed by atoms with Crippen LogP contribution in [0.25, 0.3) is 10.9 Å². The number of nitrogens with zero attached hydrogens (tertiary/aromatic N) is 3. The Balaban J connectivity index is 1.95. The molecule has 0 aliphatic carbocycles. The van der Waals surface area contributed by atoms with E-state index in [0.29, 0.717) is 16.1 Å². The van der Waals surface area contributed by atoms with Crippen LogP contribution in [0.2, 0.25) is 10.2 Å². The molecule has 3 N–H and O–H groups in total. The molecule has 0 saturated heterocycles. The van der Waals surface area contributed by atoms with Crippen molar-refractivity contribution in [1.82, 2.24) is 25.6 Å². The number of carbonyl (C=O) groups excluding carboxylic acids is 1. The van der Waals surface area contributed by atoms with Crippen molar-refractivity contribution < 1.29 is 4.79 Å². The monoisotopic (exact) mass is 296 g/mol. The lowest BCUT2D eigenvalue weighted by Crippen LogP contribution is -2.13. The Kier molecular flexibility index (Phi) is 2.84. The fraction of sp³-hybridized carbons (Fsp3) is 0. The molecule has 0 bridgehead atoms. The van der Waals surface area contributed by atoms with Gasteiger partial charge in [-0.05, 0) is 12.1 Å². The Bertz CT molecular complexity index is 764. The zero-order valence-corrected chi connectivity index (χ0v) is 10.7. The molecule has 7 nitrogen and oxygen atoms in total. The van der Waals surface area contributed by atoms with Crippen molar-refractivity contribution in [2.24, 2.45) is 0 Å². The Morgan fingerprint density at radius 2 is 2.11 bits per heavy atom. The maximum Gasteiger partial charge on any atom is 0.279 e. The van der Waals surface area contributed by atoms with Crippen LogP contribution < -0.4 is 5.32 Å². The predicted octanol–water partition coefficient (Wildman–Crippen LogP) is 2.24. The molecule has 0 unspecified atom stereocenters. The Labute approximate surface area is 116 Å². The van der Waals surface area contributed by atoms with E-state index in [1.54, 1.807) is 18.3 Å². The summed E-state index contributed by atoms with van der Waals surface area (Å²) in [5.74, 6) is -0.497. The second-order valence-corrected chi connectivity index (χ2v) is 4.41. The van der Waals surface area contributed by atoms with Crippen LogP contribution in [-0.2, 0) is 0 Å². The molecular formula is C10H6Cl2N6O. The summed E-state index contributed by atoms with van der Waals surface area (Å²) in [6.07, 6.45) is 1.58. The number of benzene rings is 1. The van der Waals surface area contributed by atoms with Crippen LogP contribution in [0.3, 0.4) is 0 Å². The number of aromatic nitrogens is 5. The van der Waals surface area contributed by atoms with E-state index in [2.05, 4.69) is 30.9 Å². The van der Waals surface area contributed by atoms with Crippen LogP contribution in [0.5, 0.6) is 0 Å². The van der Waals surface area contributed by atoms with Gasteiger partial charge >= 0.3 is 0 Å². The van der Waals surface area contributed by atoms with E-state index < -0.39 is 5.91 Å². The van der Waals surface area contributed by atoms with Crippen molar-refractivity contribution in [2.75, 3.05) is 5.32 Å². The molecule has 0 saturated carbocycles. The number of rotatable bonds is 2. The first kappa shape index (κ1) is 11.9. The van der Waals surface area contributed by atoms with Crippen molar-refractivity contribution in [2.45, 2.75) is 0 Å². The molecule has 1 aromatic carbocycles. The summed E-state index contributed by atoms with van der Waals surface area (Å²) >= 11 is 11.9. The van der Waals surface area contributed by atoms with Crippen LogP contribution in [0.15, 0.2) is 18.3 Å². The van der Waals surface area contributed by atoms with Gasteiger partial charge in [-0.2, -0.15) is 10.3 Å². The third-order valence-electron chi connectivity index (χ3n) is 2.53. The summed E-state index contributed by atoms with van der Waals surface area (Å²) < 4.78 is 0. The normalized spacial score (nSPS) is 10.8. The van der Waals surface area contributed by atoms with Gasteiger partial charge in [0.1, 0.15) is 0 Å². The maximum absolute atomic E-state index is 11.9. The van der Waals surface area contributed by atoms with Gasteiger partial charge in [0.05, 0.1) is 22.4 Å². The van der Waals surface area contributed by atoms with E-state index in [1.807, 2.05) is 0 Å². The number of anilines is 1. The first-order valence-corrected chi connectivity index (χ1v) is 5.91. The first-order valence-electron chi connectivity index (χ1n) is 5.16. The van der Waals surface area contributed by atoms with Gasteiger partial charge < -0.3 is 5.32 Å². The van der Waals surface area contributed by atoms with E-state index in [9.17, 15) is 4.79 Å². The van der Waals surface area contributed by atoms with Gasteiger partial charge in [-0.25, -0.2) is 0 Å². The van der Waals surface area contributed by atoms with Gasteiger partial charge in [0.25, 0.3) is 5.91 Å². The summed E-state index contributed by atoms with van der Waals surface area (Å²) in [5, 5.41) is 19.9. The largest absolute Gasteiger partial charge is 0.319 e. The lowest BCUT2D eigenvalue weighted by Gasteiger charge is -2.06. The highest BCUT2D eigenvalue weighted by Gasteiger charge is 2.17. The van der Waals surface area contributed by atoms with E-state index in [-0.39, 0.29) is 10.8 Å². The number of carbonyl (C=O) groups is 1. The van der Waals surface area contributed by atoms with Crippen molar-refractivity contribution in [1.29, 1.82) is 0 Å². The summed E-state index contributed by atoms with van der Waals surface area (Å²) in [4.78, 5) is 11.9. The SMILES string of the molecule is O=C(Nc1ccc2[nH]ncc2c1Cl)c1n[nH]nc1Cl. The van der Waals surface area contributed by atoms with E-state index in [1.165, 1.54) is 0 Å². The average Bonchev–Trinajstić information content (AvgIpc) is 3.01. The molecule has 0 aliphatic heterocycles. The number of hydrogen-bond acceptors (Lipinski definition) is 4. The molecule has 3 aromatic rings. The van der Waals surface area contributed by atoms with Crippen LogP contribution >= 0.6 is 23.2 Å². The van der Waals surface area contributed by atoms with Gasteiger partial charge in [-0.3, -0.25) is 9.89 Å². The van der Waals surface area contributed by atoms with Gasteiger partial charge in [0, 0.05) is 5.39 Å². The smallest absolute Gasteiger partial charge is 0.279 e. The van der Waals surface area contributed by atoms with Crippen LogP contribution in [0.4, 0.5) is 5.69 Å². The van der Waals surface area contributed by atoms with Crippen molar-refractivity contribution in [3.05, 3.63) is 34.2 Å². The first-order chi connectivity index (χ1) is 9.16. The minimum atomic E-state index is -0.497. The van der Waals surface area contributed by atoms with Gasteiger partial charge in [-0.1, -0.05) is 23.2 Å². The number of fused-ring (bicyclic) bond motifs is 1. The Morgan fingerprint density at radius 3 is 2.84 bits per heavy atom. The number of aromatic amines is 2. The van der Waals surface area contributed by atoms with Crippen LogP contribution in [0, 0.1) is 0 Å². The highest BCUT2D eigenvalue weighted by Crippen LogP contribution is 2.30. The molecule has 0 radical (unpaired) electrons. The van der Waals surface area contributed by atoms with Crippen molar-refractivity contribution in [3.8, 4) is 0 Å². The zero-order chi connectivity index (χ0) is 13.4. The molecule has 0 atom stereocenters. The molecule has 19 heavy (non-hydrogen) atoms. The quantitative estimate of drug-likeness (QED) is 0.675. The molecule has 0 fully saturated rings. The summed E-state index contributed by atoms with van der Waals surface area (Å²) in [6.45, 7) is 0. The lowest BCUT2D eigenvalue weighted by atomic mass is 10.2. The third-order valence-corrected chi connectivity index (χ3v) is 3.20. The minimum Gasteiger partial charge on any atom is -0.319 e. The lowest BCUT2D eigenvalue weighted by molar-refractivity contribution is 0.102. The molecule has 9 heteroatoms. The van der Waals surface area contributed by atoms with E-state index in [0.717, 1.165) is 5.52 Å². The number of amides is 1. The van der Waals surface area contributed by atoms with Crippen LogP contribution in [0.1, 0.15) is 10.5 Å². The number of halogens is 2. The summed E-state index contributed by atoms with van der Waals surface area (Å²) in [5.41, 5.74) is 1.23. The predicted molar refractivity (Wildman–Crippen MR) is 70.4 cm³/mol. The summed E-state index contributed by atoms with van der Waals surface area (Å²) in [7, 11) is 0. The molecule has 2 heterocycles. The van der Waals surface area contributed by atoms with Gasteiger partial charge in [-0.15, -0.1) is 10.2 Å².